The van der Waals surface area contributed by atoms with Crippen LogP contribution in [0.25, 0.3) is 0 Å². The monoisotopic (exact) mass is 232 g/mol. The van der Waals surface area contributed by atoms with Crippen LogP contribution in [0.3, 0.4) is 0 Å². The molecule has 0 fully saturated rings. The molecule has 0 amide bonds. The summed E-state index contributed by atoms with van der Waals surface area (Å²) in [5.41, 5.74) is 1.36. The van der Waals surface area contributed by atoms with E-state index in [1.54, 1.807) is 0 Å². The van der Waals surface area contributed by atoms with Crippen LogP contribution in [0.5, 0.6) is 0 Å². The average molecular weight is 232 g/mol. The molecule has 9 heavy (non-hydrogen) atoms. The summed E-state index contributed by atoms with van der Waals surface area (Å²) >= 11 is 2.33. The first-order valence-corrected chi connectivity index (χ1v) is 4.07. The van der Waals surface area contributed by atoms with Gasteiger partial charge in [0.15, 0.2) is 0 Å². The predicted octanol–water partition coefficient (Wildman–Crippen LogP) is 3.21. The van der Waals surface area contributed by atoms with Gasteiger partial charge in [0.2, 0.25) is 0 Å². The van der Waals surface area contributed by atoms with Gasteiger partial charge in [0.1, 0.15) is 0 Å². The maximum atomic E-state index is 2.33. The Morgan fingerprint density at radius 3 is 2.89 bits per heavy atom. The number of hydrogen-bond acceptors (Lipinski definition) is 0. The van der Waals surface area contributed by atoms with Crippen LogP contribution in [0, 0.1) is 0 Å². The summed E-state index contributed by atoms with van der Waals surface area (Å²) in [7, 11) is 0. The molecule has 0 unspecified atom stereocenters. The van der Waals surface area contributed by atoms with Gasteiger partial charge in [0.05, 0.1) is 0 Å². The molecule has 0 aromatic carbocycles. The quantitative estimate of drug-likeness (QED) is 0.562. The number of rotatable bonds is 0. The van der Waals surface area contributed by atoms with Crippen LogP contribution in [0.2, 0.25) is 0 Å². The molecule has 1 heteroatoms. The minimum atomic E-state index is 1.08. The maximum absolute atomic E-state index is 2.33. The van der Waals surface area contributed by atoms with E-state index in [0.29, 0.717) is 0 Å². The molecule has 0 atom stereocenters. The molecule has 0 N–H and O–H groups in total. The number of hydrogen-bond donors (Lipinski definition) is 0. The molecule has 0 aromatic heterocycles. The van der Waals surface area contributed by atoms with Crippen molar-refractivity contribution in [3.8, 4) is 0 Å². The lowest BCUT2D eigenvalue weighted by molar-refractivity contribution is 1.35. The molecule has 1 rings (SSSR count). The highest BCUT2D eigenvalue weighted by molar-refractivity contribution is 14.1. The van der Waals surface area contributed by atoms with E-state index in [-0.39, 0.29) is 0 Å². The highest BCUT2D eigenvalue weighted by Gasteiger charge is 1.88. The fourth-order valence-corrected chi connectivity index (χ4v) is 1.14. The summed E-state index contributed by atoms with van der Waals surface area (Å²) in [6.45, 7) is 2.12. The molecule has 0 saturated carbocycles. The Bertz CT molecular complexity index is 165. The zero-order chi connectivity index (χ0) is 6.69. The Hall–Kier alpha value is -0.0500. The number of allylic oxidation sites excluding steroid dienone is 6. The standard InChI is InChI=1S/C8H9I/c1-7-3-2-4-8(9)6-5-7/h3-6H,2H2,1H3. The first-order valence-electron chi connectivity index (χ1n) is 2.99. The molecule has 0 aromatic rings. The van der Waals surface area contributed by atoms with Crippen molar-refractivity contribution in [2.24, 2.45) is 0 Å². The summed E-state index contributed by atoms with van der Waals surface area (Å²) < 4.78 is 1.33. The molecule has 0 aliphatic heterocycles. The summed E-state index contributed by atoms with van der Waals surface area (Å²) in [5, 5.41) is 0. The Morgan fingerprint density at radius 2 is 2.11 bits per heavy atom. The van der Waals surface area contributed by atoms with Gasteiger partial charge in [-0.2, -0.15) is 0 Å². The molecule has 0 spiro atoms. The minimum Gasteiger partial charge on any atom is -0.0778 e. The SMILES string of the molecule is CC1=CCC=C(I)C=C1. The second kappa shape index (κ2) is 3.20. The highest BCUT2D eigenvalue weighted by atomic mass is 127. The zero-order valence-corrected chi connectivity index (χ0v) is 7.55. The zero-order valence-electron chi connectivity index (χ0n) is 5.39. The van der Waals surface area contributed by atoms with E-state index in [9.17, 15) is 0 Å². The van der Waals surface area contributed by atoms with E-state index in [0.717, 1.165) is 6.42 Å². The van der Waals surface area contributed by atoms with Crippen LogP contribution in [-0.2, 0) is 0 Å². The van der Waals surface area contributed by atoms with Gasteiger partial charge in [-0.15, -0.1) is 0 Å². The first-order chi connectivity index (χ1) is 4.29. The van der Waals surface area contributed by atoms with Crippen LogP contribution in [0.15, 0.2) is 33.5 Å². The third-order valence-electron chi connectivity index (χ3n) is 1.26. The van der Waals surface area contributed by atoms with Crippen LogP contribution in [0.4, 0.5) is 0 Å². The van der Waals surface area contributed by atoms with E-state index in [2.05, 4.69) is 53.8 Å². The summed E-state index contributed by atoms with van der Waals surface area (Å²) in [5.74, 6) is 0. The van der Waals surface area contributed by atoms with Gasteiger partial charge >= 0.3 is 0 Å². The molecular weight excluding hydrogens is 223 g/mol. The van der Waals surface area contributed by atoms with Crippen LogP contribution in [-0.4, -0.2) is 0 Å². The topological polar surface area (TPSA) is 0 Å². The molecule has 0 heterocycles. The van der Waals surface area contributed by atoms with Gasteiger partial charge in [-0.05, 0) is 42.0 Å². The van der Waals surface area contributed by atoms with Crippen molar-refractivity contribution in [3.05, 3.63) is 33.5 Å². The van der Waals surface area contributed by atoms with Gasteiger partial charge in [-0.3, -0.25) is 0 Å². The summed E-state index contributed by atoms with van der Waals surface area (Å²) in [6, 6.07) is 0. The third kappa shape index (κ3) is 2.35. The third-order valence-corrected chi connectivity index (χ3v) is 2.06. The van der Waals surface area contributed by atoms with Crippen molar-refractivity contribution in [1.82, 2.24) is 0 Å². The van der Waals surface area contributed by atoms with Crippen LogP contribution in [0.1, 0.15) is 13.3 Å². The minimum absolute atomic E-state index is 1.08. The van der Waals surface area contributed by atoms with Crippen molar-refractivity contribution in [1.29, 1.82) is 0 Å². The fraction of sp³-hybridized carbons (Fsp3) is 0.250. The second-order valence-electron chi connectivity index (χ2n) is 2.11. The van der Waals surface area contributed by atoms with Crippen molar-refractivity contribution in [2.45, 2.75) is 13.3 Å². The molecule has 1 aliphatic carbocycles. The van der Waals surface area contributed by atoms with Crippen molar-refractivity contribution in [2.75, 3.05) is 0 Å². The Balaban J connectivity index is 2.75. The van der Waals surface area contributed by atoms with E-state index < -0.39 is 0 Å². The molecule has 0 bridgehead atoms. The molecule has 48 valence electrons. The van der Waals surface area contributed by atoms with E-state index in [4.69, 9.17) is 0 Å². The lowest BCUT2D eigenvalue weighted by Gasteiger charge is -1.82. The molecule has 0 radical (unpaired) electrons. The lowest BCUT2D eigenvalue weighted by Crippen LogP contribution is -1.62. The van der Waals surface area contributed by atoms with Gasteiger partial charge in [0.25, 0.3) is 0 Å². The first kappa shape index (κ1) is 7.06. The predicted molar refractivity (Wildman–Crippen MR) is 49.6 cm³/mol. The molecule has 0 nitrogen and oxygen atoms in total. The normalized spacial score (nSPS) is 18.4. The highest BCUT2D eigenvalue weighted by Crippen LogP contribution is 2.14. The smallest absolute Gasteiger partial charge is 0.00931 e. The number of halogens is 1. The molecular formula is C8H9I. The summed E-state index contributed by atoms with van der Waals surface area (Å²) in [4.78, 5) is 0. The molecule has 0 saturated heterocycles. The Kier molecular flexibility index (Phi) is 2.51. The van der Waals surface area contributed by atoms with Gasteiger partial charge < -0.3 is 0 Å². The van der Waals surface area contributed by atoms with Gasteiger partial charge in [-0.1, -0.05) is 23.8 Å². The second-order valence-corrected chi connectivity index (χ2v) is 3.35. The maximum Gasteiger partial charge on any atom is 0.00931 e. The largest absolute Gasteiger partial charge is 0.0778 e. The van der Waals surface area contributed by atoms with Gasteiger partial charge in [0, 0.05) is 3.58 Å². The fourth-order valence-electron chi connectivity index (χ4n) is 0.705. The van der Waals surface area contributed by atoms with E-state index in [1.807, 2.05) is 0 Å². The van der Waals surface area contributed by atoms with Crippen molar-refractivity contribution in [3.63, 3.8) is 0 Å². The van der Waals surface area contributed by atoms with Crippen molar-refractivity contribution >= 4 is 22.6 Å². The molecule has 1 aliphatic rings. The lowest BCUT2D eigenvalue weighted by atomic mass is 10.2. The average Bonchev–Trinajstić information content (AvgIpc) is 1.97. The Labute approximate surface area is 69.5 Å². The van der Waals surface area contributed by atoms with Gasteiger partial charge in [-0.25, -0.2) is 0 Å². The summed E-state index contributed by atoms with van der Waals surface area (Å²) in [6.07, 6.45) is 9.80. The Morgan fingerprint density at radius 1 is 1.33 bits per heavy atom. The van der Waals surface area contributed by atoms with Crippen molar-refractivity contribution < 1.29 is 0 Å². The van der Waals surface area contributed by atoms with Crippen LogP contribution < -0.4 is 0 Å². The van der Waals surface area contributed by atoms with E-state index in [1.165, 1.54) is 9.15 Å². The van der Waals surface area contributed by atoms with Crippen LogP contribution >= 0.6 is 22.6 Å². The van der Waals surface area contributed by atoms with E-state index >= 15 is 0 Å².